The molecular formula is C41H59N3O5S. The van der Waals surface area contributed by atoms with Crippen LogP contribution in [-0.4, -0.2) is 39.4 Å². The van der Waals surface area contributed by atoms with Gasteiger partial charge in [-0.15, -0.1) is 16.7 Å². The zero-order valence-corrected chi connectivity index (χ0v) is 31.6. The molecule has 1 unspecified atom stereocenters. The van der Waals surface area contributed by atoms with Gasteiger partial charge in [-0.05, 0) is 106 Å². The van der Waals surface area contributed by atoms with E-state index < -0.39 is 22.7 Å². The van der Waals surface area contributed by atoms with Gasteiger partial charge in [0.2, 0.25) is 11.8 Å². The van der Waals surface area contributed by atoms with Gasteiger partial charge in [0.25, 0.3) is 0 Å². The molecule has 0 aliphatic heterocycles. The van der Waals surface area contributed by atoms with Gasteiger partial charge in [-0.3, -0.25) is 9.59 Å². The van der Waals surface area contributed by atoms with Gasteiger partial charge in [-0.1, -0.05) is 108 Å². The largest absolute Gasteiger partial charge is 0.478 e. The molecule has 0 bridgehead atoms. The molecule has 9 heteroatoms. The Bertz CT molecular complexity index is 1360. The van der Waals surface area contributed by atoms with Crippen molar-refractivity contribution in [3.63, 3.8) is 0 Å². The lowest BCUT2D eigenvalue weighted by molar-refractivity contribution is -0.128. The van der Waals surface area contributed by atoms with Crippen LogP contribution in [0.3, 0.4) is 0 Å². The molecule has 1 aromatic rings. The molecule has 0 aliphatic rings. The van der Waals surface area contributed by atoms with Crippen LogP contribution < -0.4 is 10.6 Å². The van der Waals surface area contributed by atoms with Crippen molar-refractivity contribution in [1.29, 1.82) is 0 Å². The van der Waals surface area contributed by atoms with Crippen LogP contribution in [0.2, 0.25) is 0 Å². The lowest BCUT2D eigenvalue weighted by Crippen LogP contribution is -2.52. The molecule has 0 radical (unpaired) electrons. The minimum absolute atomic E-state index is 0.119. The molecule has 8 nitrogen and oxygen atoms in total. The van der Waals surface area contributed by atoms with Gasteiger partial charge in [0.1, 0.15) is 11.7 Å². The number of carboxylic acid groups (broad SMARTS) is 1. The first kappa shape index (κ1) is 44.0. The fourth-order valence-corrected chi connectivity index (χ4v) is 6.34. The minimum atomic E-state index is -1.32. The molecule has 0 fully saturated rings. The van der Waals surface area contributed by atoms with E-state index in [1.807, 2.05) is 27.7 Å². The highest BCUT2D eigenvalue weighted by Crippen LogP contribution is 2.34. The smallest absolute Gasteiger partial charge is 0.338 e. The van der Waals surface area contributed by atoms with E-state index in [4.69, 9.17) is 0 Å². The van der Waals surface area contributed by atoms with Gasteiger partial charge >= 0.3 is 5.97 Å². The van der Waals surface area contributed by atoms with Gasteiger partial charge in [0.15, 0.2) is 0 Å². The predicted molar refractivity (Wildman–Crippen MR) is 212 cm³/mol. The Hall–Kier alpha value is -3.98. The van der Waals surface area contributed by atoms with Crippen molar-refractivity contribution >= 4 is 40.9 Å². The SMILES string of the molecule is CC/C=C\C/C=C\C/C=C\C/C=C\C/C=C\C/C=C\CCCSC(CC)(CC)C(=O)NC(CC(C)C)C(=O)Nc1ccc(N=O)c(C(=O)O)c1. The lowest BCUT2D eigenvalue weighted by atomic mass is 9.98. The Morgan fingerprint density at radius 2 is 1.34 bits per heavy atom. The van der Waals surface area contributed by atoms with Crippen LogP contribution in [0, 0.1) is 10.8 Å². The van der Waals surface area contributed by atoms with Crippen LogP contribution in [0.4, 0.5) is 11.4 Å². The highest BCUT2D eigenvalue weighted by atomic mass is 32.2. The summed E-state index contributed by atoms with van der Waals surface area (Å²) in [5.41, 5.74) is -0.321. The number of benzene rings is 1. The minimum Gasteiger partial charge on any atom is -0.478 e. The molecule has 1 rings (SSSR count). The summed E-state index contributed by atoms with van der Waals surface area (Å²) >= 11 is 1.64. The molecule has 1 aromatic carbocycles. The van der Waals surface area contributed by atoms with E-state index in [1.165, 1.54) is 18.2 Å². The summed E-state index contributed by atoms with van der Waals surface area (Å²) in [5.74, 6) is -1.00. The Morgan fingerprint density at radius 3 is 1.80 bits per heavy atom. The van der Waals surface area contributed by atoms with Gasteiger partial charge in [0.05, 0.1) is 10.3 Å². The molecule has 1 atom stereocenters. The number of nitrogens with zero attached hydrogens (tertiary/aromatic N) is 1. The molecule has 3 N–H and O–H groups in total. The van der Waals surface area contributed by atoms with Gasteiger partial charge in [0, 0.05) is 5.69 Å². The molecule has 0 spiro atoms. The average Bonchev–Trinajstić information content (AvgIpc) is 3.10. The Kier molecular flexibility index (Phi) is 23.6. The molecule has 0 aliphatic carbocycles. The van der Waals surface area contributed by atoms with E-state index in [-0.39, 0.29) is 28.8 Å². The maximum absolute atomic E-state index is 13.7. The third-order valence-corrected chi connectivity index (χ3v) is 9.78. The maximum Gasteiger partial charge on any atom is 0.338 e. The Labute approximate surface area is 304 Å². The zero-order chi connectivity index (χ0) is 37.0. The van der Waals surface area contributed by atoms with Crippen LogP contribution in [0.5, 0.6) is 0 Å². The fraction of sp³-hybridized carbons (Fsp3) is 0.488. The number of carbonyl (C=O) groups excluding carboxylic acids is 2. The van der Waals surface area contributed by atoms with Gasteiger partial charge in [-0.25, -0.2) is 4.79 Å². The van der Waals surface area contributed by atoms with E-state index in [2.05, 4.69) is 95.6 Å². The Balaban J connectivity index is 2.53. The average molecular weight is 706 g/mol. The second kappa shape index (κ2) is 26.8. The standard InChI is InChI=1S/C41H59N3O5S/c1-6-9-10-11-12-13-14-15-16-17-18-19-20-21-22-23-24-25-26-27-30-50-41(7-2,8-3)40(48)43-37(31-33(4)5)38(45)42-34-28-29-36(44-49)35(32-34)39(46)47/h9-10,12-13,15-16,18-19,21-22,24-25,28-29,32-33,37H,6-8,11,14,17,20,23,26-27,30-31H2,1-5H3,(H,42,45)(H,43,48)(H,46,47)/b10-9-,13-12-,16-15-,19-18-,22-21-,25-24-. The summed E-state index contributed by atoms with van der Waals surface area (Å²) < 4.78 is -0.665. The highest BCUT2D eigenvalue weighted by molar-refractivity contribution is 8.01. The number of carbonyl (C=O) groups is 3. The highest BCUT2D eigenvalue weighted by Gasteiger charge is 2.37. The number of anilines is 1. The van der Waals surface area contributed by atoms with Crippen molar-refractivity contribution < 1.29 is 19.5 Å². The summed E-state index contributed by atoms with van der Waals surface area (Å²) in [5, 5.41) is 17.8. The first-order valence-corrected chi connectivity index (χ1v) is 19.0. The maximum atomic E-state index is 13.7. The molecular weight excluding hydrogens is 647 g/mol. The number of rotatable bonds is 26. The number of nitrogens with one attached hydrogen (secondary N) is 2. The van der Waals surface area contributed by atoms with E-state index in [1.54, 1.807) is 11.8 Å². The van der Waals surface area contributed by atoms with E-state index >= 15 is 0 Å². The molecule has 0 saturated heterocycles. The molecule has 0 saturated carbocycles. The number of hydrogen-bond acceptors (Lipinski definition) is 6. The van der Waals surface area contributed by atoms with E-state index in [0.29, 0.717) is 19.3 Å². The molecule has 0 aromatic heterocycles. The summed E-state index contributed by atoms with van der Waals surface area (Å²) in [7, 11) is 0. The number of unbranched alkanes of at least 4 members (excludes halogenated alkanes) is 1. The van der Waals surface area contributed by atoms with Crippen LogP contribution >= 0.6 is 11.8 Å². The van der Waals surface area contributed by atoms with Crippen LogP contribution in [-0.2, 0) is 9.59 Å². The van der Waals surface area contributed by atoms with Crippen molar-refractivity contribution in [2.75, 3.05) is 11.1 Å². The number of thioether (sulfide) groups is 1. The molecule has 50 heavy (non-hydrogen) atoms. The molecule has 0 heterocycles. The van der Waals surface area contributed by atoms with Gasteiger partial charge in [-0.2, -0.15) is 0 Å². The van der Waals surface area contributed by atoms with Crippen LogP contribution in [0.15, 0.2) is 96.3 Å². The second-order valence-corrected chi connectivity index (χ2v) is 13.9. The zero-order valence-electron chi connectivity index (χ0n) is 30.7. The van der Waals surface area contributed by atoms with Crippen molar-refractivity contribution in [3.05, 3.63) is 102 Å². The van der Waals surface area contributed by atoms with Crippen molar-refractivity contribution in [2.24, 2.45) is 11.1 Å². The van der Waals surface area contributed by atoms with Gasteiger partial charge < -0.3 is 15.7 Å². The number of allylic oxidation sites excluding steroid dienone is 12. The third kappa shape index (κ3) is 18.1. The molecule has 2 amide bonds. The summed E-state index contributed by atoms with van der Waals surface area (Å²) in [6.07, 6.45) is 35.7. The predicted octanol–water partition coefficient (Wildman–Crippen LogP) is 11.0. The summed E-state index contributed by atoms with van der Waals surface area (Å²) in [6.45, 7) is 10.1. The number of hydrogen-bond donors (Lipinski definition) is 3. The Morgan fingerprint density at radius 1 is 0.820 bits per heavy atom. The number of aromatic carboxylic acids is 1. The normalized spacial score (nSPS) is 13.2. The first-order valence-electron chi connectivity index (χ1n) is 18.0. The number of amides is 2. The fourth-order valence-electron chi connectivity index (χ4n) is 5.04. The lowest BCUT2D eigenvalue weighted by Gasteiger charge is -2.32. The van der Waals surface area contributed by atoms with Crippen molar-refractivity contribution in [1.82, 2.24) is 5.32 Å². The topological polar surface area (TPSA) is 125 Å². The first-order chi connectivity index (χ1) is 24.1. The van der Waals surface area contributed by atoms with E-state index in [0.717, 1.165) is 57.1 Å². The summed E-state index contributed by atoms with van der Waals surface area (Å²) in [6, 6.07) is 3.06. The quantitative estimate of drug-likeness (QED) is 0.0500. The molecule has 274 valence electrons. The number of nitroso groups, excluding NO2 is 1. The van der Waals surface area contributed by atoms with Crippen molar-refractivity contribution in [2.45, 2.75) is 116 Å². The third-order valence-electron chi connectivity index (χ3n) is 7.97. The monoisotopic (exact) mass is 705 g/mol. The van der Waals surface area contributed by atoms with Crippen LogP contribution in [0.1, 0.15) is 116 Å². The number of carboxylic acids is 1. The van der Waals surface area contributed by atoms with Crippen molar-refractivity contribution in [3.8, 4) is 0 Å². The van der Waals surface area contributed by atoms with E-state index in [9.17, 15) is 24.4 Å². The summed E-state index contributed by atoms with van der Waals surface area (Å²) in [4.78, 5) is 49.4. The second-order valence-electron chi connectivity index (χ2n) is 12.4. The van der Waals surface area contributed by atoms with Crippen LogP contribution in [0.25, 0.3) is 0 Å².